The molecule has 0 saturated carbocycles. The van der Waals surface area contributed by atoms with Crippen molar-refractivity contribution in [3.8, 4) is 24.2 Å². The van der Waals surface area contributed by atoms with Gasteiger partial charge < -0.3 is 9.52 Å². The number of furan rings is 1. The van der Waals surface area contributed by atoms with Gasteiger partial charge in [-0.05, 0) is 17.9 Å². The van der Waals surface area contributed by atoms with Gasteiger partial charge in [0.2, 0.25) is 0 Å². The highest BCUT2D eigenvalue weighted by Crippen LogP contribution is 2.14. The van der Waals surface area contributed by atoms with Crippen molar-refractivity contribution in [1.82, 2.24) is 0 Å². The van der Waals surface area contributed by atoms with Crippen molar-refractivity contribution in [1.29, 1.82) is 0 Å². The largest absolute Gasteiger partial charge is 0.454 e. The molecule has 0 spiro atoms. The van der Waals surface area contributed by atoms with E-state index >= 15 is 0 Å². The molecule has 0 radical (unpaired) electrons. The lowest BCUT2D eigenvalue weighted by Crippen LogP contribution is -1.96. The first-order valence-corrected chi connectivity index (χ1v) is 3.50. The van der Waals surface area contributed by atoms with Crippen LogP contribution in [0.25, 0.3) is 0 Å². The minimum absolute atomic E-state index is 0.311. The molecule has 12 heavy (non-hydrogen) atoms. The summed E-state index contributed by atoms with van der Waals surface area (Å²) in [6.07, 6.45) is 5.22. The molecule has 0 bridgehead atoms. The van der Waals surface area contributed by atoms with E-state index in [1.165, 1.54) is 6.26 Å². The second-order valence-electron chi connectivity index (χ2n) is 1.94. The highest BCUT2D eigenvalue weighted by atomic mass is 35.5. The van der Waals surface area contributed by atoms with Crippen LogP contribution >= 0.6 is 11.6 Å². The van der Waals surface area contributed by atoms with E-state index in [1.807, 2.05) is 5.92 Å². The molecule has 0 saturated heterocycles. The second-order valence-corrected chi connectivity index (χ2v) is 2.34. The van der Waals surface area contributed by atoms with Gasteiger partial charge in [-0.25, -0.2) is 0 Å². The average molecular weight is 181 g/mol. The lowest BCUT2D eigenvalue weighted by atomic mass is 10.3. The summed E-state index contributed by atoms with van der Waals surface area (Å²) in [6.45, 7) is 0. The van der Waals surface area contributed by atoms with Crippen LogP contribution in [0.15, 0.2) is 16.7 Å². The van der Waals surface area contributed by atoms with Crippen LogP contribution in [-0.2, 0) is 0 Å². The molecule has 1 atom stereocenters. The molecule has 0 aliphatic heterocycles. The molecule has 1 N–H and O–H groups in total. The molecule has 1 rings (SSSR count). The first-order valence-electron chi connectivity index (χ1n) is 3.13. The van der Waals surface area contributed by atoms with Crippen LogP contribution in [0.3, 0.4) is 0 Å². The topological polar surface area (TPSA) is 33.4 Å². The summed E-state index contributed by atoms with van der Waals surface area (Å²) in [5.41, 5.74) is 0. The molecule has 2 nitrogen and oxygen atoms in total. The lowest BCUT2D eigenvalue weighted by Gasteiger charge is -1.86. The summed E-state index contributed by atoms with van der Waals surface area (Å²) in [7, 11) is 0. The van der Waals surface area contributed by atoms with Gasteiger partial charge in [-0.3, -0.25) is 0 Å². The molecule has 60 valence electrons. The van der Waals surface area contributed by atoms with Gasteiger partial charge in [-0.15, -0.1) is 6.42 Å². The summed E-state index contributed by atoms with van der Waals surface area (Å²) < 4.78 is 4.87. The maximum atomic E-state index is 8.85. The lowest BCUT2D eigenvalue weighted by molar-refractivity contribution is 0.290. The maximum absolute atomic E-state index is 8.85. The van der Waals surface area contributed by atoms with E-state index in [1.54, 1.807) is 6.07 Å². The van der Waals surface area contributed by atoms with Crippen molar-refractivity contribution in [3.05, 3.63) is 23.1 Å². The standard InChI is InChI=1S/C9H5ClO2/c1-2-7(11)3-4-9-8(10)5-6-12-9/h1,5-7,11H. The van der Waals surface area contributed by atoms with E-state index in [-0.39, 0.29) is 0 Å². The fourth-order valence-corrected chi connectivity index (χ4v) is 0.702. The number of aliphatic hydroxyl groups excluding tert-OH is 1. The van der Waals surface area contributed by atoms with E-state index in [9.17, 15) is 0 Å². The average Bonchev–Trinajstić information content (AvgIpc) is 2.47. The normalized spacial score (nSPS) is 11.1. The van der Waals surface area contributed by atoms with Crippen LogP contribution in [0, 0.1) is 24.2 Å². The predicted molar refractivity (Wildman–Crippen MR) is 45.4 cm³/mol. The molecule has 1 unspecified atom stereocenters. The molecule has 0 amide bonds. The molecule has 0 aliphatic rings. The zero-order valence-electron chi connectivity index (χ0n) is 6.04. The second kappa shape index (κ2) is 3.88. The summed E-state index contributed by atoms with van der Waals surface area (Å²) in [5.74, 6) is 7.22. The van der Waals surface area contributed by atoms with E-state index < -0.39 is 6.10 Å². The van der Waals surface area contributed by atoms with Crippen molar-refractivity contribution >= 4 is 11.6 Å². The van der Waals surface area contributed by atoms with E-state index in [0.29, 0.717) is 10.8 Å². The smallest absolute Gasteiger partial charge is 0.195 e. The Kier molecular flexibility index (Phi) is 2.82. The Morgan fingerprint density at radius 1 is 1.67 bits per heavy atom. The predicted octanol–water partition coefficient (Wildman–Crippen LogP) is 1.28. The Bertz CT molecular complexity index is 362. The van der Waals surface area contributed by atoms with E-state index in [2.05, 4.69) is 11.8 Å². The SMILES string of the molecule is C#CC(O)C#Cc1occc1Cl. The molecule has 3 heteroatoms. The minimum Gasteiger partial charge on any atom is -0.454 e. The van der Waals surface area contributed by atoms with Gasteiger partial charge in [0.15, 0.2) is 11.9 Å². The minimum atomic E-state index is -1.08. The van der Waals surface area contributed by atoms with Crippen molar-refractivity contribution in [2.45, 2.75) is 6.10 Å². The van der Waals surface area contributed by atoms with Gasteiger partial charge in [-0.1, -0.05) is 17.5 Å². The number of aliphatic hydroxyl groups is 1. The number of hydrogen-bond acceptors (Lipinski definition) is 2. The fourth-order valence-electron chi connectivity index (χ4n) is 0.559. The third-order valence-electron chi connectivity index (χ3n) is 1.10. The third kappa shape index (κ3) is 2.07. The molecule has 1 aromatic heterocycles. The highest BCUT2D eigenvalue weighted by molar-refractivity contribution is 6.31. The Balaban J connectivity index is 2.81. The van der Waals surface area contributed by atoms with Crippen molar-refractivity contribution in [3.63, 3.8) is 0 Å². The van der Waals surface area contributed by atoms with Crippen molar-refractivity contribution < 1.29 is 9.52 Å². The van der Waals surface area contributed by atoms with Gasteiger partial charge >= 0.3 is 0 Å². The summed E-state index contributed by atoms with van der Waals surface area (Å²) in [5, 5.41) is 9.26. The van der Waals surface area contributed by atoms with E-state index in [0.717, 1.165) is 0 Å². The Morgan fingerprint density at radius 2 is 2.42 bits per heavy atom. The molecular formula is C9H5ClO2. The van der Waals surface area contributed by atoms with Crippen LogP contribution in [-0.4, -0.2) is 11.2 Å². The molecule has 1 aromatic rings. The van der Waals surface area contributed by atoms with Crippen LogP contribution in [0.5, 0.6) is 0 Å². The van der Waals surface area contributed by atoms with Gasteiger partial charge in [-0.2, -0.15) is 0 Å². The Morgan fingerprint density at radius 3 is 2.92 bits per heavy atom. The molecule has 0 aliphatic carbocycles. The first-order chi connectivity index (χ1) is 5.74. The van der Waals surface area contributed by atoms with E-state index in [4.69, 9.17) is 27.5 Å². The summed E-state index contributed by atoms with van der Waals surface area (Å²) in [4.78, 5) is 0. The van der Waals surface area contributed by atoms with Crippen LogP contribution in [0.2, 0.25) is 5.02 Å². The Labute approximate surface area is 75.1 Å². The number of halogens is 1. The zero-order valence-corrected chi connectivity index (χ0v) is 6.80. The fraction of sp³-hybridized carbons (Fsp3) is 0.111. The van der Waals surface area contributed by atoms with Crippen molar-refractivity contribution in [2.75, 3.05) is 0 Å². The molecule has 0 fully saturated rings. The number of terminal acetylenes is 1. The molecule has 1 heterocycles. The summed E-state index contributed by atoms with van der Waals surface area (Å²) in [6, 6.07) is 1.56. The third-order valence-corrected chi connectivity index (χ3v) is 1.40. The van der Waals surface area contributed by atoms with Gasteiger partial charge in [0.25, 0.3) is 0 Å². The van der Waals surface area contributed by atoms with Crippen LogP contribution in [0.4, 0.5) is 0 Å². The Hall–Kier alpha value is -1.35. The zero-order chi connectivity index (χ0) is 8.97. The van der Waals surface area contributed by atoms with Crippen LogP contribution < -0.4 is 0 Å². The van der Waals surface area contributed by atoms with Crippen LogP contribution in [0.1, 0.15) is 5.76 Å². The number of hydrogen-bond donors (Lipinski definition) is 1. The maximum Gasteiger partial charge on any atom is 0.195 e. The quantitative estimate of drug-likeness (QED) is 0.611. The van der Waals surface area contributed by atoms with Gasteiger partial charge in [0.1, 0.15) is 0 Å². The van der Waals surface area contributed by atoms with Gasteiger partial charge in [0, 0.05) is 0 Å². The van der Waals surface area contributed by atoms with Gasteiger partial charge in [0.05, 0.1) is 11.3 Å². The molecular weight excluding hydrogens is 176 g/mol. The molecule has 0 aromatic carbocycles. The first kappa shape index (κ1) is 8.74. The number of rotatable bonds is 0. The monoisotopic (exact) mass is 180 g/mol. The van der Waals surface area contributed by atoms with Crippen molar-refractivity contribution in [2.24, 2.45) is 0 Å². The highest BCUT2D eigenvalue weighted by Gasteiger charge is 1.98. The summed E-state index contributed by atoms with van der Waals surface area (Å²) >= 11 is 5.64.